The zero-order chi connectivity index (χ0) is 18.5. The molecule has 2 aromatic carbocycles. The number of nitrogens with zero attached hydrogens (tertiary/aromatic N) is 2. The van der Waals surface area contributed by atoms with Crippen LogP contribution in [-0.2, 0) is 11.8 Å². The van der Waals surface area contributed by atoms with Crippen LogP contribution in [0.2, 0.25) is 0 Å². The van der Waals surface area contributed by atoms with Gasteiger partial charge in [0.1, 0.15) is 17.5 Å². The van der Waals surface area contributed by atoms with Gasteiger partial charge in [-0.1, -0.05) is 61.9 Å². The summed E-state index contributed by atoms with van der Waals surface area (Å²) < 4.78 is 0. The van der Waals surface area contributed by atoms with E-state index < -0.39 is 0 Å². The maximum Gasteiger partial charge on any atom is 0.142 e. The van der Waals surface area contributed by atoms with Gasteiger partial charge in [-0.3, -0.25) is 0 Å². The average molecular weight is 339 g/mol. The fraction of sp³-hybridized carbons (Fsp3) is 0.217. The third kappa shape index (κ3) is 2.38. The molecule has 0 fully saturated rings. The number of anilines is 1. The number of benzene rings is 2. The smallest absolute Gasteiger partial charge is 0.142 e. The van der Waals surface area contributed by atoms with Crippen LogP contribution in [0.25, 0.3) is 22.4 Å². The van der Waals surface area contributed by atoms with Crippen molar-refractivity contribution in [3.63, 3.8) is 0 Å². The number of nitrogen functional groups attached to an aromatic ring is 1. The third-order valence-corrected chi connectivity index (χ3v) is 5.28. The minimum atomic E-state index is -0.0376. The number of rotatable bonds is 1. The highest BCUT2D eigenvalue weighted by Gasteiger charge is 2.35. The van der Waals surface area contributed by atoms with Crippen molar-refractivity contribution in [1.82, 2.24) is 4.98 Å². The van der Waals surface area contributed by atoms with E-state index in [1.54, 1.807) is 0 Å². The zero-order valence-electron chi connectivity index (χ0n) is 15.3. The van der Waals surface area contributed by atoms with E-state index in [1.165, 1.54) is 11.1 Å². The highest BCUT2D eigenvalue weighted by Crippen LogP contribution is 2.47. The second kappa shape index (κ2) is 5.71. The van der Waals surface area contributed by atoms with Crippen LogP contribution < -0.4 is 5.73 Å². The summed E-state index contributed by atoms with van der Waals surface area (Å²) in [6.07, 6.45) is 0.824. The summed E-state index contributed by atoms with van der Waals surface area (Å²) in [5.74, 6) is 0.303. The molecular formula is C23H21N3. The molecule has 3 heteroatoms. The maximum atomic E-state index is 9.76. The van der Waals surface area contributed by atoms with Gasteiger partial charge in [0.05, 0.1) is 5.69 Å². The summed E-state index contributed by atoms with van der Waals surface area (Å²) in [7, 11) is 0. The summed E-state index contributed by atoms with van der Waals surface area (Å²) in [6.45, 7) is 6.59. The van der Waals surface area contributed by atoms with Gasteiger partial charge in [0, 0.05) is 11.1 Å². The Kier molecular flexibility index (Phi) is 3.59. The van der Waals surface area contributed by atoms with E-state index in [2.05, 4.69) is 50.0 Å². The first-order chi connectivity index (χ1) is 12.4. The molecule has 1 aliphatic rings. The van der Waals surface area contributed by atoms with Crippen molar-refractivity contribution < 1.29 is 0 Å². The Morgan fingerprint density at radius 3 is 2.54 bits per heavy atom. The second-order valence-electron chi connectivity index (χ2n) is 7.66. The molecule has 3 aromatic rings. The number of pyridine rings is 1. The maximum absolute atomic E-state index is 9.76. The number of nitriles is 1. The predicted molar refractivity (Wildman–Crippen MR) is 106 cm³/mol. The molecule has 0 amide bonds. The highest BCUT2D eigenvalue weighted by molar-refractivity contribution is 5.87. The van der Waals surface area contributed by atoms with Crippen molar-refractivity contribution in [3.05, 3.63) is 70.8 Å². The molecule has 4 rings (SSSR count). The largest absolute Gasteiger partial charge is 0.383 e. The lowest BCUT2D eigenvalue weighted by atomic mass is 9.69. The molecule has 0 saturated carbocycles. The molecule has 1 aliphatic carbocycles. The van der Waals surface area contributed by atoms with E-state index in [0.717, 1.165) is 34.4 Å². The standard InChI is InChI=1S/C23H21N3/c1-14-9-10-19-16(11-14)21-17(12-23(19,2)3)20(15-7-5-4-6-8-15)18(13-24)22(25)26-21/h4-11H,12H2,1-3H3,(H2,25,26). The van der Waals surface area contributed by atoms with Gasteiger partial charge in [0.25, 0.3) is 0 Å². The van der Waals surface area contributed by atoms with Crippen LogP contribution in [0.3, 0.4) is 0 Å². The molecule has 3 nitrogen and oxygen atoms in total. The van der Waals surface area contributed by atoms with Gasteiger partial charge in [-0.05, 0) is 41.5 Å². The quantitative estimate of drug-likeness (QED) is 0.677. The molecule has 0 unspecified atom stereocenters. The first-order valence-corrected chi connectivity index (χ1v) is 8.82. The Balaban J connectivity index is 2.13. The van der Waals surface area contributed by atoms with Gasteiger partial charge in [-0.2, -0.15) is 5.26 Å². The van der Waals surface area contributed by atoms with Crippen molar-refractivity contribution in [3.8, 4) is 28.5 Å². The molecule has 0 bridgehead atoms. The van der Waals surface area contributed by atoms with E-state index in [0.29, 0.717) is 11.4 Å². The molecule has 0 saturated heterocycles. The summed E-state index contributed by atoms with van der Waals surface area (Å²) in [4.78, 5) is 4.67. The summed E-state index contributed by atoms with van der Waals surface area (Å²) >= 11 is 0. The Bertz CT molecular complexity index is 1060. The molecule has 0 spiro atoms. The van der Waals surface area contributed by atoms with E-state index >= 15 is 0 Å². The van der Waals surface area contributed by atoms with Crippen LogP contribution in [0.4, 0.5) is 5.82 Å². The Morgan fingerprint density at radius 1 is 1.12 bits per heavy atom. The van der Waals surface area contributed by atoms with Crippen molar-refractivity contribution >= 4 is 5.82 Å². The van der Waals surface area contributed by atoms with Crippen LogP contribution in [0.1, 0.15) is 36.1 Å². The van der Waals surface area contributed by atoms with Gasteiger partial charge in [0.15, 0.2) is 0 Å². The SMILES string of the molecule is Cc1ccc2c(c1)-c1nc(N)c(C#N)c(-c3ccccc3)c1CC2(C)C. The summed E-state index contributed by atoms with van der Waals surface area (Å²) in [6, 6.07) is 18.9. The molecule has 1 heterocycles. The number of aryl methyl sites for hydroxylation is 1. The van der Waals surface area contributed by atoms with Crippen LogP contribution in [0.5, 0.6) is 0 Å². The minimum absolute atomic E-state index is 0.0376. The number of hydrogen-bond donors (Lipinski definition) is 1. The number of nitrogens with two attached hydrogens (primary N) is 1. The topological polar surface area (TPSA) is 62.7 Å². The second-order valence-corrected chi connectivity index (χ2v) is 7.66. The minimum Gasteiger partial charge on any atom is -0.383 e. The monoisotopic (exact) mass is 339 g/mol. The first kappa shape index (κ1) is 16.4. The van der Waals surface area contributed by atoms with Crippen LogP contribution in [0, 0.1) is 18.3 Å². The van der Waals surface area contributed by atoms with Crippen LogP contribution in [-0.4, -0.2) is 4.98 Å². The van der Waals surface area contributed by atoms with Crippen LogP contribution >= 0.6 is 0 Å². The molecule has 0 radical (unpaired) electrons. The summed E-state index contributed by atoms with van der Waals surface area (Å²) in [5, 5.41) is 9.76. The van der Waals surface area contributed by atoms with E-state index in [-0.39, 0.29) is 5.41 Å². The van der Waals surface area contributed by atoms with Crippen molar-refractivity contribution in [2.45, 2.75) is 32.6 Å². The number of aromatic nitrogens is 1. The Hall–Kier alpha value is -3.12. The van der Waals surface area contributed by atoms with E-state index in [4.69, 9.17) is 5.73 Å². The fourth-order valence-electron chi connectivity index (χ4n) is 4.05. The molecule has 1 aromatic heterocycles. The molecule has 2 N–H and O–H groups in total. The fourth-order valence-corrected chi connectivity index (χ4v) is 4.05. The van der Waals surface area contributed by atoms with Crippen molar-refractivity contribution in [2.24, 2.45) is 0 Å². The molecule has 0 aliphatic heterocycles. The van der Waals surface area contributed by atoms with E-state index in [9.17, 15) is 5.26 Å². The molecule has 128 valence electrons. The molecular weight excluding hydrogens is 318 g/mol. The van der Waals surface area contributed by atoms with Gasteiger partial charge in [-0.25, -0.2) is 4.98 Å². The van der Waals surface area contributed by atoms with Gasteiger partial charge >= 0.3 is 0 Å². The third-order valence-electron chi connectivity index (χ3n) is 5.28. The highest BCUT2D eigenvalue weighted by atomic mass is 14.9. The lowest BCUT2D eigenvalue weighted by Gasteiger charge is -2.35. The zero-order valence-corrected chi connectivity index (χ0v) is 15.3. The van der Waals surface area contributed by atoms with Crippen molar-refractivity contribution in [1.29, 1.82) is 5.26 Å². The van der Waals surface area contributed by atoms with Crippen molar-refractivity contribution in [2.75, 3.05) is 5.73 Å². The van der Waals surface area contributed by atoms with Gasteiger partial charge in [-0.15, -0.1) is 0 Å². The first-order valence-electron chi connectivity index (χ1n) is 8.82. The molecule has 0 atom stereocenters. The average Bonchev–Trinajstić information content (AvgIpc) is 2.62. The van der Waals surface area contributed by atoms with Crippen LogP contribution in [0.15, 0.2) is 48.5 Å². The van der Waals surface area contributed by atoms with Gasteiger partial charge in [0.2, 0.25) is 0 Å². The Labute approximate surface area is 154 Å². The van der Waals surface area contributed by atoms with Gasteiger partial charge < -0.3 is 5.73 Å². The van der Waals surface area contributed by atoms with E-state index in [1.807, 2.05) is 30.3 Å². The Morgan fingerprint density at radius 2 is 1.85 bits per heavy atom. The number of fused-ring (bicyclic) bond motifs is 3. The number of hydrogen-bond acceptors (Lipinski definition) is 3. The summed E-state index contributed by atoms with van der Waals surface area (Å²) in [5.41, 5.74) is 14.2. The predicted octanol–water partition coefficient (Wildman–Crippen LogP) is 5.01. The normalized spacial score (nSPS) is 14.2. The molecule has 26 heavy (non-hydrogen) atoms. The lowest BCUT2D eigenvalue weighted by Crippen LogP contribution is -2.27. The lowest BCUT2D eigenvalue weighted by molar-refractivity contribution is 0.516.